The van der Waals surface area contributed by atoms with Gasteiger partial charge in [0.05, 0.1) is 5.92 Å². The number of fused-ring (bicyclic) bond motifs is 1. The van der Waals surface area contributed by atoms with Crippen LogP contribution >= 0.6 is 0 Å². The summed E-state index contributed by atoms with van der Waals surface area (Å²) >= 11 is 0. The number of rotatable bonds is 4. The van der Waals surface area contributed by atoms with Gasteiger partial charge in [-0.1, -0.05) is 11.3 Å². The van der Waals surface area contributed by atoms with Crippen LogP contribution in [-0.4, -0.2) is 49.9 Å². The van der Waals surface area contributed by atoms with Gasteiger partial charge in [0.15, 0.2) is 17.0 Å². The maximum atomic E-state index is 12.5. The Morgan fingerprint density at radius 1 is 1.15 bits per heavy atom. The number of nitrogens with one attached hydrogen (secondary N) is 2. The van der Waals surface area contributed by atoms with Gasteiger partial charge in [-0.25, -0.2) is 14.6 Å². The summed E-state index contributed by atoms with van der Waals surface area (Å²) in [7, 11) is 1.77. The predicted molar refractivity (Wildman–Crippen MR) is 99.2 cm³/mol. The third-order valence-electron chi connectivity index (χ3n) is 4.37. The molecule has 3 aromatic rings. The van der Waals surface area contributed by atoms with E-state index >= 15 is 0 Å². The Morgan fingerprint density at radius 3 is 2.63 bits per heavy atom. The summed E-state index contributed by atoms with van der Waals surface area (Å²) < 4.78 is 1.59. The largest absolute Gasteiger partial charge is 0.353 e. The lowest BCUT2D eigenvalue weighted by molar-refractivity contribution is -0.120. The average Bonchev–Trinajstić information content (AvgIpc) is 2.95. The minimum absolute atomic E-state index is 0.0735. The smallest absolute Gasteiger partial charge is 0.231 e. The zero-order valence-corrected chi connectivity index (χ0v) is 14.9. The van der Waals surface area contributed by atoms with Crippen molar-refractivity contribution in [2.75, 3.05) is 28.6 Å². The van der Waals surface area contributed by atoms with Gasteiger partial charge in [-0.2, -0.15) is 0 Å². The van der Waals surface area contributed by atoms with Crippen molar-refractivity contribution in [3.05, 3.63) is 30.6 Å². The standard InChI is InChI=1S/C17H18N8O2/c1-10(26)20-12-4-3-5-13(6-12)21-17(27)11-7-25(8-11)16-14-15(18-9-19-16)24(2)23-22-14/h3-6,9,11H,7-8H2,1-2H3,(H,20,26)(H,21,27). The van der Waals surface area contributed by atoms with E-state index in [4.69, 9.17) is 0 Å². The van der Waals surface area contributed by atoms with Crippen molar-refractivity contribution in [1.82, 2.24) is 25.0 Å². The van der Waals surface area contributed by atoms with Crippen molar-refractivity contribution >= 4 is 40.2 Å². The van der Waals surface area contributed by atoms with Crippen LogP contribution in [0, 0.1) is 5.92 Å². The molecule has 0 unspecified atom stereocenters. The summed E-state index contributed by atoms with van der Waals surface area (Å²) in [6.45, 7) is 2.52. The highest BCUT2D eigenvalue weighted by Gasteiger charge is 2.35. The SMILES string of the molecule is CC(=O)Nc1cccc(NC(=O)C2CN(c3ncnc4c3nnn4C)C2)c1. The molecule has 10 nitrogen and oxygen atoms in total. The van der Waals surface area contributed by atoms with Crippen LogP contribution in [0.3, 0.4) is 0 Å². The lowest BCUT2D eigenvalue weighted by Gasteiger charge is -2.38. The van der Waals surface area contributed by atoms with Crippen LogP contribution in [-0.2, 0) is 16.6 Å². The van der Waals surface area contributed by atoms with E-state index in [2.05, 4.69) is 30.9 Å². The van der Waals surface area contributed by atoms with E-state index in [9.17, 15) is 9.59 Å². The van der Waals surface area contributed by atoms with Gasteiger partial charge in [-0.05, 0) is 18.2 Å². The number of nitrogens with zero attached hydrogens (tertiary/aromatic N) is 6. The molecule has 1 saturated heterocycles. The molecule has 27 heavy (non-hydrogen) atoms. The first-order valence-electron chi connectivity index (χ1n) is 8.45. The van der Waals surface area contributed by atoms with Gasteiger partial charge < -0.3 is 15.5 Å². The summed E-state index contributed by atoms with van der Waals surface area (Å²) in [4.78, 5) is 34.1. The first-order chi connectivity index (χ1) is 13.0. The number of anilines is 3. The quantitative estimate of drug-likeness (QED) is 0.701. The highest BCUT2D eigenvalue weighted by Crippen LogP contribution is 2.28. The van der Waals surface area contributed by atoms with E-state index < -0.39 is 0 Å². The monoisotopic (exact) mass is 366 g/mol. The Balaban J connectivity index is 1.41. The highest BCUT2D eigenvalue weighted by molar-refractivity contribution is 5.96. The lowest BCUT2D eigenvalue weighted by atomic mass is 9.99. The molecule has 3 heterocycles. The second-order valence-electron chi connectivity index (χ2n) is 6.44. The zero-order chi connectivity index (χ0) is 19.0. The fraction of sp³-hybridized carbons (Fsp3) is 0.294. The molecule has 0 aliphatic carbocycles. The number of benzene rings is 1. The molecule has 10 heteroatoms. The summed E-state index contributed by atoms with van der Waals surface area (Å²) in [5.41, 5.74) is 2.56. The lowest BCUT2D eigenvalue weighted by Crippen LogP contribution is -2.52. The fourth-order valence-corrected chi connectivity index (χ4v) is 3.01. The van der Waals surface area contributed by atoms with E-state index in [0.717, 1.165) is 0 Å². The normalized spacial score (nSPS) is 14.1. The van der Waals surface area contributed by atoms with Crippen LogP contribution in [0.2, 0.25) is 0 Å². The molecule has 0 radical (unpaired) electrons. The number of carbonyl (C=O) groups is 2. The molecule has 2 amide bonds. The second-order valence-corrected chi connectivity index (χ2v) is 6.44. The summed E-state index contributed by atoms with van der Waals surface area (Å²) in [6, 6.07) is 7.06. The Labute approximate surface area is 154 Å². The van der Waals surface area contributed by atoms with Crippen molar-refractivity contribution < 1.29 is 9.59 Å². The molecule has 138 valence electrons. The number of hydrogen-bond acceptors (Lipinski definition) is 7. The molecule has 1 aliphatic heterocycles. The minimum atomic E-state index is -0.159. The number of carbonyl (C=O) groups excluding carboxylic acids is 2. The summed E-state index contributed by atoms with van der Waals surface area (Å²) in [6.07, 6.45) is 1.47. The van der Waals surface area contributed by atoms with Gasteiger partial charge in [-0.15, -0.1) is 5.10 Å². The number of amides is 2. The maximum absolute atomic E-state index is 12.5. The van der Waals surface area contributed by atoms with E-state index in [1.807, 2.05) is 4.90 Å². The van der Waals surface area contributed by atoms with Crippen LogP contribution in [0.5, 0.6) is 0 Å². The third-order valence-corrected chi connectivity index (χ3v) is 4.37. The van der Waals surface area contributed by atoms with Crippen molar-refractivity contribution in [3.8, 4) is 0 Å². The van der Waals surface area contributed by atoms with Crippen LogP contribution in [0.1, 0.15) is 6.92 Å². The van der Waals surface area contributed by atoms with Gasteiger partial charge in [0.25, 0.3) is 0 Å². The van der Waals surface area contributed by atoms with E-state index in [-0.39, 0.29) is 17.7 Å². The first kappa shape index (κ1) is 16.9. The molecule has 1 aliphatic rings. The van der Waals surface area contributed by atoms with Crippen molar-refractivity contribution in [2.45, 2.75) is 6.92 Å². The van der Waals surface area contributed by atoms with Gasteiger partial charge in [-0.3, -0.25) is 9.59 Å². The second kappa shape index (κ2) is 6.63. The van der Waals surface area contributed by atoms with Gasteiger partial charge in [0, 0.05) is 38.4 Å². The molecule has 0 spiro atoms. The summed E-state index contributed by atoms with van der Waals surface area (Å²) in [5.74, 6) is 0.296. The zero-order valence-electron chi connectivity index (χ0n) is 14.9. The van der Waals surface area contributed by atoms with Crippen molar-refractivity contribution in [1.29, 1.82) is 0 Å². The van der Waals surface area contributed by atoms with E-state index in [0.29, 0.717) is 41.4 Å². The first-order valence-corrected chi connectivity index (χ1v) is 8.45. The van der Waals surface area contributed by atoms with Crippen molar-refractivity contribution in [2.24, 2.45) is 13.0 Å². The van der Waals surface area contributed by atoms with Crippen LogP contribution in [0.25, 0.3) is 11.2 Å². The molecule has 1 fully saturated rings. The molecule has 1 aromatic carbocycles. The minimum Gasteiger partial charge on any atom is -0.353 e. The predicted octanol–water partition coefficient (Wildman–Crippen LogP) is 0.792. The van der Waals surface area contributed by atoms with Gasteiger partial charge in [0.2, 0.25) is 11.8 Å². The fourth-order valence-electron chi connectivity index (χ4n) is 3.01. The molecular formula is C17H18N8O2. The van der Waals surface area contributed by atoms with E-state index in [1.165, 1.54) is 13.3 Å². The molecule has 4 rings (SSSR count). The van der Waals surface area contributed by atoms with Crippen LogP contribution in [0.15, 0.2) is 30.6 Å². The topological polar surface area (TPSA) is 118 Å². The molecule has 0 saturated carbocycles. The Kier molecular flexibility index (Phi) is 4.15. The number of hydrogen-bond donors (Lipinski definition) is 2. The van der Waals surface area contributed by atoms with Gasteiger partial charge >= 0.3 is 0 Å². The van der Waals surface area contributed by atoms with Gasteiger partial charge in [0.1, 0.15) is 6.33 Å². The number of aryl methyl sites for hydroxylation is 1. The molecule has 0 atom stereocenters. The maximum Gasteiger partial charge on any atom is 0.231 e. The molecular weight excluding hydrogens is 348 g/mol. The Hall–Kier alpha value is -3.56. The summed E-state index contributed by atoms with van der Waals surface area (Å²) in [5, 5.41) is 13.7. The van der Waals surface area contributed by atoms with Crippen LogP contribution < -0.4 is 15.5 Å². The van der Waals surface area contributed by atoms with Crippen LogP contribution in [0.4, 0.5) is 17.2 Å². The number of aromatic nitrogens is 5. The molecule has 0 bridgehead atoms. The van der Waals surface area contributed by atoms with Crippen molar-refractivity contribution in [3.63, 3.8) is 0 Å². The molecule has 2 aromatic heterocycles. The molecule has 2 N–H and O–H groups in total. The Morgan fingerprint density at radius 2 is 1.89 bits per heavy atom. The highest BCUT2D eigenvalue weighted by atomic mass is 16.2. The Bertz CT molecular complexity index is 1020. The average molecular weight is 366 g/mol. The third kappa shape index (κ3) is 3.28. The van der Waals surface area contributed by atoms with E-state index in [1.54, 1.807) is 36.0 Å².